The second-order valence-electron chi connectivity index (χ2n) is 5.31. The minimum atomic E-state index is -3.02. The number of carbonyl (C=O) groups is 1. The van der Waals surface area contributed by atoms with Gasteiger partial charge in [-0.2, -0.15) is 0 Å². The van der Waals surface area contributed by atoms with Gasteiger partial charge in [-0.3, -0.25) is 4.79 Å². The highest BCUT2D eigenvalue weighted by Crippen LogP contribution is 2.17. The lowest BCUT2D eigenvalue weighted by Gasteiger charge is -2.24. The number of benzene rings is 1. The van der Waals surface area contributed by atoms with Gasteiger partial charge < -0.3 is 10.6 Å². The first-order valence-corrected chi connectivity index (χ1v) is 9.04. The van der Waals surface area contributed by atoms with Crippen LogP contribution in [0.5, 0.6) is 0 Å². The molecule has 1 aliphatic rings. The van der Waals surface area contributed by atoms with Crippen molar-refractivity contribution >= 4 is 27.3 Å². The van der Waals surface area contributed by atoms with Crippen LogP contribution in [0.4, 0.5) is 0 Å². The van der Waals surface area contributed by atoms with Crippen molar-refractivity contribution in [3.05, 3.63) is 34.9 Å². The van der Waals surface area contributed by atoms with Crippen LogP contribution in [0.2, 0.25) is 5.02 Å². The van der Waals surface area contributed by atoms with E-state index in [0.717, 1.165) is 5.56 Å². The van der Waals surface area contributed by atoms with E-state index in [1.807, 2.05) is 19.1 Å². The van der Waals surface area contributed by atoms with E-state index < -0.39 is 9.84 Å². The van der Waals surface area contributed by atoms with Crippen LogP contribution in [0.1, 0.15) is 24.9 Å². The molecule has 116 valence electrons. The number of amides is 1. The summed E-state index contributed by atoms with van der Waals surface area (Å²) in [6.45, 7) is 2.28. The standard InChI is InChI=1S/C14H19ClN2O3S/c1-10(11-3-2-4-12(15)7-11)17-14(18)8-13-9-21(19,20)6-5-16-13/h2-4,7,10,13,16H,5-6,8-9H2,1H3,(H,17,18). The van der Waals surface area contributed by atoms with Gasteiger partial charge in [-0.25, -0.2) is 8.42 Å². The highest BCUT2D eigenvalue weighted by atomic mass is 35.5. The third-order valence-electron chi connectivity index (χ3n) is 3.46. The maximum Gasteiger partial charge on any atom is 0.222 e. The van der Waals surface area contributed by atoms with Crippen molar-refractivity contribution in [2.75, 3.05) is 18.1 Å². The van der Waals surface area contributed by atoms with E-state index in [9.17, 15) is 13.2 Å². The lowest BCUT2D eigenvalue weighted by Crippen LogP contribution is -2.47. The van der Waals surface area contributed by atoms with Crippen molar-refractivity contribution in [3.8, 4) is 0 Å². The minimum absolute atomic E-state index is 0.0198. The maximum absolute atomic E-state index is 12.0. The van der Waals surface area contributed by atoms with Crippen LogP contribution in [-0.2, 0) is 14.6 Å². The van der Waals surface area contributed by atoms with Crippen LogP contribution in [0.3, 0.4) is 0 Å². The number of nitrogens with one attached hydrogen (secondary N) is 2. The topological polar surface area (TPSA) is 75.3 Å². The van der Waals surface area contributed by atoms with Crippen LogP contribution < -0.4 is 10.6 Å². The lowest BCUT2D eigenvalue weighted by atomic mass is 10.1. The number of rotatable bonds is 4. The molecule has 2 N–H and O–H groups in total. The Labute approximate surface area is 130 Å². The van der Waals surface area contributed by atoms with Crippen molar-refractivity contribution in [3.63, 3.8) is 0 Å². The van der Waals surface area contributed by atoms with E-state index in [-0.39, 0.29) is 35.9 Å². The second kappa shape index (κ2) is 6.77. The Hall–Kier alpha value is -1.11. The number of sulfone groups is 1. The van der Waals surface area contributed by atoms with E-state index >= 15 is 0 Å². The summed E-state index contributed by atoms with van der Waals surface area (Å²) in [4.78, 5) is 12.0. The smallest absolute Gasteiger partial charge is 0.222 e. The Kier molecular flexibility index (Phi) is 5.24. The normalized spacial score (nSPS) is 22.5. The fourth-order valence-electron chi connectivity index (χ4n) is 2.38. The van der Waals surface area contributed by atoms with Gasteiger partial charge in [0.25, 0.3) is 0 Å². The molecule has 0 aliphatic carbocycles. The van der Waals surface area contributed by atoms with Crippen molar-refractivity contribution in [1.82, 2.24) is 10.6 Å². The zero-order chi connectivity index (χ0) is 15.5. The van der Waals surface area contributed by atoms with Crippen LogP contribution in [0.15, 0.2) is 24.3 Å². The number of halogens is 1. The third-order valence-corrected chi connectivity index (χ3v) is 5.43. The van der Waals surface area contributed by atoms with Gasteiger partial charge in [-0.05, 0) is 24.6 Å². The first-order valence-electron chi connectivity index (χ1n) is 6.84. The van der Waals surface area contributed by atoms with Gasteiger partial charge in [0.2, 0.25) is 5.91 Å². The summed E-state index contributed by atoms with van der Waals surface area (Å²) in [5, 5.41) is 6.55. The highest BCUT2D eigenvalue weighted by Gasteiger charge is 2.26. The summed E-state index contributed by atoms with van der Waals surface area (Å²) in [6, 6.07) is 6.81. The van der Waals surface area contributed by atoms with Crippen molar-refractivity contribution in [2.24, 2.45) is 0 Å². The first-order chi connectivity index (χ1) is 9.85. The summed E-state index contributed by atoms with van der Waals surface area (Å²) in [5.41, 5.74) is 0.917. The number of hydrogen-bond acceptors (Lipinski definition) is 4. The monoisotopic (exact) mass is 330 g/mol. The average Bonchev–Trinajstić information content (AvgIpc) is 2.37. The molecular weight excluding hydrogens is 312 g/mol. The molecule has 0 bridgehead atoms. The fraction of sp³-hybridized carbons (Fsp3) is 0.500. The fourth-order valence-corrected chi connectivity index (χ4v) is 4.02. The molecule has 1 aromatic rings. The van der Waals surface area contributed by atoms with E-state index in [4.69, 9.17) is 11.6 Å². The van der Waals surface area contributed by atoms with E-state index in [0.29, 0.717) is 11.6 Å². The highest BCUT2D eigenvalue weighted by molar-refractivity contribution is 7.91. The molecule has 7 heteroatoms. The third kappa shape index (κ3) is 4.98. The molecule has 0 aromatic heterocycles. The Balaban J connectivity index is 1.89. The van der Waals surface area contributed by atoms with Gasteiger partial charge in [0.05, 0.1) is 17.5 Å². The van der Waals surface area contributed by atoms with Gasteiger partial charge in [0, 0.05) is 24.0 Å². The summed E-state index contributed by atoms with van der Waals surface area (Å²) < 4.78 is 23.1. The molecule has 1 heterocycles. The molecule has 1 aliphatic heterocycles. The molecule has 1 fully saturated rings. The van der Waals surface area contributed by atoms with Crippen molar-refractivity contribution < 1.29 is 13.2 Å². The van der Waals surface area contributed by atoms with Crippen molar-refractivity contribution in [1.29, 1.82) is 0 Å². The zero-order valence-corrected chi connectivity index (χ0v) is 13.4. The SMILES string of the molecule is CC(NC(=O)CC1CS(=O)(=O)CCN1)c1cccc(Cl)c1. The summed E-state index contributed by atoms with van der Waals surface area (Å²) in [7, 11) is -3.02. The lowest BCUT2D eigenvalue weighted by molar-refractivity contribution is -0.122. The van der Waals surface area contributed by atoms with Gasteiger partial charge in [-0.1, -0.05) is 23.7 Å². The average molecular weight is 331 g/mol. The van der Waals surface area contributed by atoms with E-state index in [1.165, 1.54) is 0 Å². The van der Waals surface area contributed by atoms with E-state index in [2.05, 4.69) is 10.6 Å². The summed E-state index contributed by atoms with van der Waals surface area (Å²) in [6.07, 6.45) is 0.157. The Bertz CT molecular complexity index is 618. The largest absolute Gasteiger partial charge is 0.350 e. The molecule has 2 unspecified atom stereocenters. The molecule has 5 nitrogen and oxygen atoms in total. The van der Waals surface area contributed by atoms with Crippen molar-refractivity contribution in [2.45, 2.75) is 25.4 Å². The van der Waals surface area contributed by atoms with Gasteiger partial charge in [0.15, 0.2) is 9.84 Å². The predicted octanol–water partition coefficient (Wildman–Crippen LogP) is 1.29. The molecule has 1 amide bonds. The molecule has 0 saturated carbocycles. The zero-order valence-electron chi connectivity index (χ0n) is 11.8. The molecule has 1 aromatic carbocycles. The van der Waals surface area contributed by atoms with Crippen LogP contribution >= 0.6 is 11.6 Å². The molecular formula is C14H19ClN2O3S. The number of carbonyl (C=O) groups excluding carboxylic acids is 1. The van der Waals surface area contributed by atoms with E-state index in [1.54, 1.807) is 12.1 Å². The van der Waals surface area contributed by atoms with Gasteiger partial charge in [0.1, 0.15) is 0 Å². The van der Waals surface area contributed by atoms with Crippen LogP contribution in [0, 0.1) is 0 Å². The predicted molar refractivity (Wildman–Crippen MR) is 83.1 cm³/mol. The molecule has 2 rings (SSSR count). The Morgan fingerprint density at radius 1 is 1.52 bits per heavy atom. The number of hydrogen-bond donors (Lipinski definition) is 2. The molecule has 21 heavy (non-hydrogen) atoms. The molecule has 2 atom stereocenters. The quantitative estimate of drug-likeness (QED) is 0.872. The summed E-state index contributed by atoms with van der Waals surface area (Å²) in [5.74, 6) is -0.00667. The Morgan fingerprint density at radius 3 is 2.95 bits per heavy atom. The summed E-state index contributed by atoms with van der Waals surface area (Å²) >= 11 is 5.92. The van der Waals surface area contributed by atoms with Gasteiger partial charge >= 0.3 is 0 Å². The Morgan fingerprint density at radius 2 is 2.29 bits per heavy atom. The van der Waals surface area contributed by atoms with Crippen LogP contribution in [-0.4, -0.2) is 38.4 Å². The molecule has 1 saturated heterocycles. The minimum Gasteiger partial charge on any atom is -0.350 e. The van der Waals surface area contributed by atoms with Crippen LogP contribution in [0.25, 0.3) is 0 Å². The first kappa shape index (κ1) is 16.3. The molecule has 0 spiro atoms. The maximum atomic E-state index is 12.0. The molecule has 0 radical (unpaired) electrons. The second-order valence-corrected chi connectivity index (χ2v) is 7.98. The van der Waals surface area contributed by atoms with Gasteiger partial charge in [-0.15, -0.1) is 0 Å².